The lowest BCUT2D eigenvalue weighted by atomic mass is 10.1. The molecule has 188 valence electrons. The van der Waals surface area contributed by atoms with E-state index in [-0.39, 0.29) is 0 Å². The fraction of sp³-hybridized carbons (Fsp3) is 0.0667. The van der Waals surface area contributed by atoms with Crippen LogP contribution in [0.4, 0.5) is 0 Å². The fourth-order valence-electron chi connectivity index (χ4n) is 4.31. The summed E-state index contributed by atoms with van der Waals surface area (Å²) in [5.74, 6) is -0.810. The molecule has 2 aromatic heterocycles. The number of imidazole rings is 2. The number of hydrogen-bond donors (Lipinski definition) is 2. The van der Waals surface area contributed by atoms with Gasteiger partial charge in [-0.15, -0.1) is 0 Å². The Hall–Kier alpha value is -5.24. The van der Waals surface area contributed by atoms with E-state index in [9.17, 15) is 9.59 Å². The fourth-order valence-corrected chi connectivity index (χ4v) is 4.31. The van der Waals surface area contributed by atoms with Crippen molar-refractivity contribution in [3.05, 3.63) is 132 Å². The van der Waals surface area contributed by atoms with Gasteiger partial charge in [0.2, 0.25) is 11.8 Å². The third-order valence-corrected chi connectivity index (χ3v) is 6.18. The Kier molecular flexibility index (Phi) is 6.95. The van der Waals surface area contributed by atoms with Crippen LogP contribution < -0.4 is 11.5 Å². The predicted molar refractivity (Wildman–Crippen MR) is 148 cm³/mol. The van der Waals surface area contributed by atoms with E-state index in [1.165, 1.54) is 0 Å². The van der Waals surface area contributed by atoms with Gasteiger partial charge in [0.05, 0.1) is 34.7 Å². The van der Waals surface area contributed by atoms with E-state index < -0.39 is 11.8 Å². The monoisotopic (exact) mass is 502 g/mol. The second-order valence-electron chi connectivity index (χ2n) is 8.85. The van der Waals surface area contributed by atoms with Gasteiger partial charge in [0, 0.05) is 24.2 Å². The number of nitrogens with zero attached hydrogens (tertiary/aromatic N) is 4. The van der Waals surface area contributed by atoms with E-state index in [1.54, 1.807) is 12.1 Å². The van der Waals surface area contributed by atoms with Crippen molar-refractivity contribution in [2.75, 3.05) is 0 Å². The standard InChI is InChI=1S/2C15H13N3O/c2*16-15(19)12-5-3-4-11(8-12)9-18-10-17-13-6-1-2-7-14(13)18/h2*1-8,10H,9H2,(H2,16,19). The zero-order valence-corrected chi connectivity index (χ0v) is 20.6. The average molecular weight is 503 g/mol. The highest BCUT2D eigenvalue weighted by Gasteiger charge is 2.06. The Bertz CT molecular complexity index is 1620. The number of carbonyl (C=O) groups is 2. The van der Waals surface area contributed by atoms with Crippen molar-refractivity contribution in [1.29, 1.82) is 0 Å². The van der Waals surface area contributed by atoms with Gasteiger partial charge in [0.25, 0.3) is 0 Å². The van der Waals surface area contributed by atoms with Gasteiger partial charge in [-0.1, -0.05) is 48.5 Å². The third-order valence-electron chi connectivity index (χ3n) is 6.18. The van der Waals surface area contributed by atoms with Gasteiger partial charge in [-0.05, 0) is 59.7 Å². The van der Waals surface area contributed by atoms with Gasteiger partial charge >= 0.3 is 0 Å². The van der Waals surface area contributed by atoms with Crippen molar-refractivity contribution in [3.8, 4) is 0 Å². The normalized spacial score (nSPS) is 10.7. The number of aromatic nitrogens is 4. The molecule has 8 nitrogen and oxygen atoms in total. The first-order valence-corrected chi connectivity index (χ1v) is 12.0. The molecule has 4 aromatic carbocycles. The summed E-state index contributed by atoms with van der Waals surface area (Å²) in [4.78, 5) is 31.0. The molecule has 0 saturated heterocycles. The molecule has 2 amide bonds. The highest BCUT2D eigenvalue weighted by Crippen LogP contribution is 2.16. The molecule has 0 unspecified atom stereocenters. The smallest absolute Gasteiger partial charge is 0.248 e. The zero-order valence-electron chi connectivity index (χ0n) is 20.6. The van der Waals surface area contributed by atoms with E-state index in [2.05, 4.69) is 19.1 Å². The number of para-hydroxylation sites is 4. The summed E-state index contributed by atoms with van der Waals surface area (Å²) in [5.41, 5.74) is 17.8. The number of amides is 2. The van der Waals surface area contributed by atoms with Crippen LogP contribution in [0, 0.1) is 0 Å². The van der Waals surface area contributed by atoms with E-state index in [1.807, 2.05) is 97.6 Å². The van der Waals surface area contributed by atoms with Gasteiger partial charge in [-0.2, -0.15) is 0 Å². The van der Waals surface area contributed by atoms with Crippen LogP contribution in [-0.4, -0.2) is 30.9 Å². The lowest BCUT2D eigenvalue weighted by Gasteiger charge is -2.05. The van der Waals surface area contributed by atoms with Crippen LogP contribution >= 0.6 is 0 Å². The molecule has 0 saturated carbocycles. The summed E-state index contributed by atoms with van der Waals surface area (Å²) in [7, 11) is 0. The average Bonchev–Trinajstić information content (AvgIpc) is 3.54. The summed E-state index contributed by atoms with van der Waals surface area (Å²) < 4.78 is 4.10. The van der Waals surface area contributed by atoms with E-state index in [4.69, 9.17) is 11.5 Å². The third kappa shape index (κ3) is 5.44. The van der Waals surface area contributed by atoms with E-state index in [0.717, 1.165) is 33.2 Å². The Morgan fingerprint density at radius 1 is 0.579 bits per heavy atom. The van der Waals surface area contributed by atoms with Gasteiger partial charge in [-0.3, -0.25) is 9.59 Å². The maximum Gasteiger partial charge on any atom is 0.248 e. The van der Waals surface area contributed by atoms with Crippen molar-refractivity contribution in [1.82, 2.24) is 19.1 Å². The minimum Gasteiger partial charge on any atom is -0.366 e. The topological polar surface area (TPSA) is 122 Å². The molecule has 8 heteroatoms. The van der Waals surface area contributed by atoms with Crippen LogP contribution in [0.2, 0.25) is 0 Å². The molecule has 4 N–H and O–H groups in total. The second kappa shape index (κ2) is 10.8. The Balaban J connectivity index is 0.000000155. The molecule has 0 fully saturated rings. The first-order valence-electron chi connectivity index (χ1n) is 12.0. The van der Waals surface area contributed by atoms with Crippen molar-refractivity contribution in [2.24, 2.45) is 11.5 Å². The molecular weight excluding hydrogens is 476 g/mol. The summed E-state index contributed by atoms with van der Waals surface area (Å²) in [5, 5.41) is 0. The maximum absolute atomic E-state index is 11.2. The second-order valence-corrected chi connectivity index (χ2v) is 8.85. The van der Waals surface area contributed by atoms with E-state index in [0.29, 0.717) is 24.2 Å². The molecule has 0 atom stereocenters. The highest BCUT2D eigenvalue weighted by molar-refractivity contribution is 5.93. The number of carbonyl (C=O) groups excluding carboxylic acids is 2. The Morgan fingerprint density at radius 2 is 1.00 bits per heavy atom. The summed E-state index contributed by atoms with van der Waals surface area (Å²) in [6.07, 6.45) is 3.61. The van der Waals surface area contributed by atoms with Crippen LogP contribution in [-0.2, 0) is 13.1 Å². The lowest BCUT2D eigenvalue weighted by Crippen LogP contribution is -2.11. The first-order chi connectivity index (χ1) is 18.5. The van der Waals surface area contributed by atoms with Crippen molar-refractivity contribution in [2.45, 2.75) is 13.1 Å². The van der Waals surface area contributed by atoms with Crippen LogP contribution in [0.5, 0.6) is 0 Å². The van der Waals surface area contributed by atoms with Crippen molar-refractivity contribution >= 4 is 33.9 Å². The van der Waals surface area contributed by atoms with Gasteiger partial charge in [0.15, 0.2) is 0 Å². The first kappa shape index (κ1) is 24.5. The molecule has 6 aromatic rings. The van der Waals surface area contributed by atoms with E-state index >= 15 is 0 Å². The number of benzene rings is 4. The molecule has 0 aliphatic rings. The SMILES string of the molecule is NC(=O)c1cccc(Cn2cnc3ccccc32)c1.NC(=O)c1cccc(Cn2cnc3ccccc32)c1. The Labute approximate surface area is 219 Å². The minimum atomic E-state index is -0.405. The van der Waals surface area contributed by atoms with Gasteiger partial charge in [0.1, 0.15) is 0 Å². The van der Waals surface area contributed by atoms with Gasteiger partial charge < -0.3 is 20.6 Å². The Morgan fingerprint density at radius 3 is 1.42 bits per heavy atom. The molecule has 2 heterocycles. The van der Waals surface area contributed by atoms with Crippen molar-refractivity contribution in [3.63, 3.8) is 0 Å². The summed E-state index contributed by atoms with van der Waals surface area (Å²) >= 11 is 0. The predicted octanol–water partition coefficient (Wildman–Crippen LogP) is 4.37. The number of fused-ring (bicyclic) bond motifs is 2. The molecule has 6 rings (SSSR count). The number of nitrogens with two attached hydrogens (primary N) is 2. The number of primary amides is 2. The van der Waals surface area contributed by atoms with Crippen molar-refractivity contribution < 1.29 is 9.59 Å². The molecule has 38 heavy (non-hydrogen) atoms. The highest BCUT2D eigenvalue weighted by atomic mass is 16.1. The summed E-state index contributed by atoms with van der Waals surface area (Å²) in [6.45, 7) is 1.34. The molecule has 0 radical (unpaired) electrons. The largest absolute Gasteiger partial charge is 0.366 e. The zero-order chi connectivity index (χ0) is 26.5. The summed E-state index contributed by atoms with van der Waals surface area (Å²) in [6, 6.07) is 30.6. The molecular formula is C30H26N6O2. The quantitative estimate of drug-likeness (QED) is 0.351. The number of rotatable bonds is 6. The molecule has 0 bridgehead atoms. The van der Waals surface area contributed by atoms with Crippen LogP contribution in [0.3, 0.4) is 0 Å². The maximum atomic E-state index is 11.2. The van der Waals surface area contributed by atoms with Crippen LogP contribution in [0.25, 0.3) is 22.1 Å². The molecule has 0 aliphatic heterocycles. The molecule has 0 aliphatic carbocycles. The minimum absolute atomic E-state index is 0.405. The van der Waals surface area contributed by atoms with Gasteiger partial charge in [-0.25, -0.2) is 9.97 Å². The lowest BCUT2D eigenvalue weighted by molar-refractivity contribution is 0.0991. The molecule has 0 spiro atoms. The number of hydrogen-bond acceptors (Lipinski definition) is 4. The van der Waals surface area contributed by atoms with Crippen LogP contribution in [0.1, 0.15) is 31.8 Å². The van der Waals surface area contributed by atoms with Crippen LogP contribution in [0.15, 0.2) is 110 Å².